The van der Waals surface area contributed by atoms with Gasteiger partial charge in [-0.25, -0.2) is 14.8 Å². The summed E-state index contributed by atoms with van der Waals surface area (Å²) < 4.78 is 7.33. The molecule has 0 fully saturated rings. The molecule has 10 heteroatoms. The molecule has 4 rings (SSSR count). The number of ether oxygens (including phenoxy) is 1. The lowest BCUT2D eigenvalue weighted by Gasteiger charge is -2.14. The summed E-state index contributed by atoms with van der Waals surface area (Å²) in [6.45, 7) is 1.42. The van der Waals surface area contributed by atoms with Crippen molar-refractivity contribution in [2.24, 2.45) is 0 Å². The summed E-state index contributed by atoms with van der Waals surface area (Å²) in [7, 11) is 1.55. The molecule has 2 aromatic carbocycles. The molecule has 0 saturated carbocycles. The van der Waals surface area contributed by atoms with Gasteiger partial charge in [-0.2, -0.15) is 0 Å². The molecule has 0 aliphatic rings. The zero-order valence-electron chi connectivity index (χ0n) is 17.9. The number of nitrogens with one attached hydrogen (secondary N) is 1. The van der Waals surface area contributed by atoms with Gasteiger partial charge in [-0.05, 0) is 42.3 Å². The Bertz CT molecular complexity index is 1460. The average Bonchev–Trinajstić information content (AvgIpc) is 2.83. The fourth-order valence-electron chi connectivity index (χ4n) is 3.40. The van der Waals surface area contributed by atoms with Gasteiger partial charge in [0.25, 0.3) is 5.56 Å². The molecule has 4 aromatic rings. The molecule has 168 valence electrons. The molecule has 0 aliphatic heterocycles. The molecule has 0 bridgehead atoms. The van der Waals surface area contributed by atoms with E-state index >= 15 is 0 Å². The first-order chi connectivity index (χ1) is 15.9. The van der Waals surface area contributed by atoms with Crippen LogP contribution in [0.5, 0.6) is 5.75 Å². The molecule has 0 spiro atoms. The number of hydrogen-bond acceptors (Lipinski definition) is 6. The van der Waals surface area contributed by atoms with Crippen LogP contribution in [-0.4, -0.2) is 32.1 Å². The van der Waals surface area contributed by atoms with Gasteiger partial charge in [0.2, 0.25) is 5.91 Å². The maximum Gasteiger partial charge on any atom is 0.333 e. The van der Waals surface area contributed by atoms with Crippen molar-refractivity contribution in [2.45, 2.75) is 20.0 Å². The third-order valence-corrected chi connectivity index (χ3v) is 5.60. The second-order valence-electron chi connectivity index (χ2n) is 7.30. The van der Waals surface area contributed by atoms with Crippen LogP contribution in [-0.2, 0) is 17.9 Å². The van der Waals surface area contributed by atoms with E-state index in [4.69, 9.17) is 16.3 Å². The Morgan fingerprint density at radius 3 is 2.52 bits per heavy atom. The monoisotopic (exact) mass is 465 g/mol. The molecular weight excluding hydrogens is 446 g/mol. The molecule has 1 amide bonds. The van der Waals surface area contributed by atoms with Crippen LogP contribution in [0.15, 0.2) is 64.4 Å². The molecule has 0 saturated heterocycles. The highest BCUT2D eigenvalue weighted by molar-refractivity contribution is 6.31. The summed E-state index contributed by atoms with van der Waals surface area (Å²) in [5.74, 6) is 0.185. The van der Waals surface area contributed by atoms with E-state index in [-0.39, 0.29) is 24.3 Å². The Morgan fingerprint density at radius 1 is 1.06 bits per heavy atom. The third kappa shape index (κ3) is 4.49. The second kappa shape index (κ2) is 9.25. The minimum Gasteiger partial charge on any atom is -0.497 e. The normalized spacial score (nSPS) is 10.9. The van der Waals surface area contributed by atoms with Crippen molar-refractivity contribution in [3.8, 4) is 5.75 Å². The Morgan fingerprint density at radius 2 is 1.79 bits per heavy atom. The summed E-state index contributed by atoms with van der Waals surface area (Å²) in [6.07, 6.45) is 2.73. The molecule has 9 nitrogen and oxygen atoms in total. The van der Waals surface area contributed by atoms with E-state index in [1.165, 1.54) is 12.4 Å². The number of aromatic nitrogens is 4. The van der Waals surface area contributed by atoms with Gasteiger partial charge in [0.15, 0.2) is 11.2 Å². The van der Waals surface area contributed by atoms with Gasteiger partial charge in [0.05, 0.1) is 13.7 Å². The summed E-state index contributed by atoms with van der Waals surface area (Å²) in [4.78, 5) is 47.3. The van der Waals surface area contributed by atoms with Gasteiger partial charge < -0.3 is 10.1 Å². The molecule has 2 aromatic heterocycles. The van der Waals surface area contributed by atoms with Crippen molar-refractivity contribution in [3.63, 3.8) is 0 Å². The van der Waals surface area contributed by atoms with Crippen LogP contribution < -0.4 is 21.3 Å². The largest absolute Gasteiger partial charge is 0.497 e. The summed E-state index contributed by atoms with van der Waals surface area (Å²) >= 11 is 6.12. The van der Waals surface area contributed by atoms with Crippen molar-refractivity contribution >= 4 is 34.4 Å². The highest BCUT2D eigenvalue weighted by Gasteiger charge is 2.18. The van der Waals surface area contributed by atoms with Gasteiger partial charge in [-0.15, -0.1) is 0 Å². The van der Waals surface area contributed by atoms with E-state index in [1.807, 2.05) is 0 Å². The van der Waals surface area contributed by atoms with Crippen LogP contribution in [0.3, 0.4) is 0 Å². The Balaban J connectivity index is 1.74. The SMILES string of the molecule is COc1ccc(Cn2c(=O)c3nccnc3n(CC(=O)Nc3cccc(Cl)c3C)c2=O)cc1. The van der Waals surface area contributed by atoms with E-state index in [0.29, 0.717) is 27.6 Å². The van der Waals surface area contributed by atoms with E-state index in [1.54, 1.807) is 56.5 Å². The van der Waals surface area contributed by atoms with Crippen molar-refractivity contribution in [1.29, 1.82) is 0 Å². The van der Waals surface area contributed by atoms with Crippen LogP contribution in [0.1, 0.15) is 11.1 Å². The van der Waals surface area contributed by atoms with Gasteiger partial charge in [0, 0.05) is 23.1 Å². The maximum absolute atomic E-state index is 13.3. The number of amides is 1. The quantitative estimate of drug-likeness (QED) is 0.469. The Kier molecular flexibility index (Phi) is 6.23. The molecule has 0 radical (unpaired) electrons. The van der Waals surface area contributed by atoms with Gasteiger partial charge in [0.1, 0.15) is 12.3 Å². The van der Waals surface area contributed by atoms with Crippen molar-refractivity contribution in [3.05, 3.63) is 91.8 Å². The zero-order chi connectivity index (χ0) is 23.5. The number of carbonyl (C=O) groups excluding carboxylic acids is 1. The van der Waals surface area contributed by atoms with E-state index < -0.39 is 17.2 Å². The van der Waals surface area contributed by atoms with Crippen LogP contribution in [0, 0.1) is 6.92 Å². The van der Waals surface area contributed by atoms with Crippen molar-refractivity contribution < 1.29 is 9.53 Å². The molecule has 0 unspecified atom stereocenters. The molecular formula is C23H20ClN5O4. The number of anilines is 1. The number of hydrogen-bond donors (Lipinski definition) is 1. The number of methoxy groups -OCH3 is 1. The third-order valence-electron chi connectivity index (χ3n) is 5.19. The Hall–Kier alpha value is -3.98. The Labute approximate surface area is 193 Å². The van der Waals surface area contributed by atoms with Gasteiger partial charge in [-0.3, -0.25) is 18.7 Å². The number of halogens is 1. The zero-order valence-corrected chi connectivity index (χ0v) is 18.7. The number of fused-ring (bicyclic) bond motifs is 1. The minimum absolute atomic E-state index is 0.00246. The average molecular weight is 466 g/mol. The fraction of sp³-hybridized carbons (Fsp3) is 0.174. The van der Waals surface area contributed by atoms with E-state index in [9.17, 15) is 14.4 Å². The van der Waals surface area contributed by atoms with Crippen LogP contribution in [0.4, 0.5) is 5.69 Å². The predicted molar refractivity (Wildman–Crippen MR) is 125 cm³/mol. The van der Waals surface area contributed by atoms with Crippen LogP contribution >= 0.6 is 11.6 Å². The number of nitrogens with zero attached hydrogens (tertiary/aromatic N) is 4. The highest BCUT2D eigenvalue weighted by atomic mass is 35.5. The van der Waals surface area contributed by atoms with Crippen LogP contribution in [0.25, 0.3) is 11.2 Å². The van der Waals surface area contributed by atoms with Crippen molar-refractivity contribution in [1.82, 2.24) is 19.1 Å². The number of benzene rings is 2. The topological polar surface area (TPSA) is 108 Å². The number of carbonyl (C=O) groups is 1. The van der Waals surface area contributed by atoms with Gasteiger partial charge >= 0.3 is 5.69 Å². The second-order valence-corrected chi connectivity index (χ2v) is 7.70. The van der Waals surface area contributed by atoms with Gasteiger partial charge in [-0.1, -0.05) is 29.8 Å². The molecule has 1 N–H and O–H groups in total. The van der Waals surface area contributed by atoms with E-state index in [2.05, 4.69) is 15.3 Å². The predicted octanol–water partition coefficient (Wildman–Crippen LogP) is 2.61. The molecule has 33 heavy (non-hydrogen) atoms. The first-order valence-corrected chi connectivity index (χ1v) is 10.4. The molecule has 0 aliphatic carbocycles. The smallest absolute Gasteiger partial charge is 0.333 e. The molecule has 0 atom stereocenters. The lowest BCUT2D eigenvalue weighted by atomic mass is 10.2. The van der Waals surface area contributed by atoms with Crippen molar-refractivity contribution in [2.75, 3.05) is 12.4 Å². The highest BCUT2D eigenvalue weighted by Crippen LogP contribution is 2.23. The van der Waals surface area contributed by atoms with E-state index in [0.717, 1.165) is 9.13 Å². The number of rotatable bonds is 6. The standard InChI is InChI=1S/C23H20ClN5O4/c1-14-17(24)4-3-5-18(14)27-19(30)13-28-21-20(25-10-11-26-21)22(31)29(23(28)32)12-15-6-8-16(33-2)9-7-15/h3-11H,12-13H2,1-2H3,(H,27,30). The maximum atomic E-state index is 13.3. The fourth-order valence-corrected chi connectivity index (χ4v) is 3.58. The lowest BCUT2D eigenvalue weighted by Crippen LogP contribution is -2.42. The lowest BCUT2D eigenvalue weighted by molar-refractivity contribution is -0.116. The summed E-state index contributed by atoms with van der Waals surface area (Å²) in [6, 6.07) is 12.1. The minimum atomic E-state index is -0.665. The first-order valence-electron chi connectivity index (χ1n) is 10.0. The molecule has 2 heterocycles. The summed E-state index contributed by atoms with van der Waals surface area (Å²) in [5, 5.41) is 3.26. The summed E-state index contributed by atoms with van der Waals surface area (Å²) in [5.41, 5.74) is 0.733. The first kappa shape index (κ1) is 22.2. The van der Waals surface area contributed by atoms with Crippen LogP contribution in [0.2, 0.25) is 5.02 Å².